The van der Waals surface area contributed by atoms with Gasteiger partial charge in [0, 0.05) is 17.6 Å². The molecule has 2 rings (SSSR count). The Bertz CT molecular complexity index is 632. The number of benzene rings is 1. The molecule has 0 saturated heterocycles. The summed E-state index contributed by atoms with van der Waals surface area (Å²) in [5.74, 6) is 1.03. The van der Waals surface area contributed by atoms with Gasteiger partial charge in [0.25, 0.3) is 0 Å². The van der Waals surface area contributed by atoms with E-state index in [1.54, 1.807) is 0 Å². The molecular weight excluding hydrogens is 332 g/mol. The summed E-state index contributed by atoms with van der Waals surface area (Å²) in [7, 11) is 0. The van der Waals surface area contributed by atoms with Crippen LogP contribution < -0.4 is 10.6 Å². The Hall–Kier alpha value is -1.79. The number of nitrogens with zero attached hydrogens (tertiary/aromatic N) is 2. The first-order valence-electron chi connectivity index (χ1n) is 7.27. The molecule has 0 aliphatic rings. The molecular formula is C16H19ClN4OS. The highest BCUT2D eigenvalue weighted by Gasteiger charge is 2.05. The molecule has 0 saturated carbocycles. The van der Waals surface area contributed by atoms with Gasteiger partial charge in [-0.05, 0) is 43.7 Å². The highest BCUT2D eigenvalue weighted by molar-refractivity contribution is 7.99. The van der Waals surface area contributed by atoms with Crippen LogP contribution in [0.15, 0.2) is 41.4 Å². The van der Waals surface area contributed by atoms with Crippen molar-refractivity contribution in [3.8, 4) is 0 Å². The molecule has 2 aromatic rings. The van der Waals surface area contributed by atoms with Crippen LogP contribution in [0.4, 0.5) is 5.82 Å². The quantitative estimate of drug-likeness (QED) is 0.749. The monoisotopic (exact) mass is 350 g/mol. The van der Waals surface area contributed by atoms with Gasteiger partial charge in [0.05, 0.1) is 5.75 Å². The molecule has 2 N–H and O–H groups in total. The number of anilines is 1. The van der Waals surface area contributed by atoms with Gasteiger partial charge in [-0.25, -0.2) is 0 Å². The van der Waals surface area contributed by atoms with Gasteiger partial charge in [0.15, 0.2) is 0 Å². The number of rotatable bonds is 7. The van der Waals surface area contributed by atoms with Crippen molar-refractivity contribution in [1.29, 1.82) is 0 Å². The van der Waals surface area contributed by atoms with Gasteiger partial charge in [-0.1, -0.05) is 35.5 Å². The molecule has 0 unspecified atom stereocenters. The third kappa shape index (κ3) is 6.46. The molecule has 0 bridgehead atoms. The van der Waals surface area contributed by atoms with Gasteiger partial charge in [-0.3, -0.25) is 4.79 Å². The zero-order valence-electron chi connectivity index (χ0n) is 13.0. The van der Waals surface area contributed by atoms with Crippen LogP contribution in [-0.2, 0) is 11.3 Å². The maximum atomic E-state index is 11.6. The van der Waals surface area contributed by atoms with Gasteiger partial charge in [-0.2, -0.15) is 0 Å². The van der Waals surface area contributed by atoms with E-state index in [2.05, 4.69) is 20.8 Å². The van der Waals surface area contributed by atoms with E-state index in [0.717, 1.165) is 15.6 Å². The summed E-state index contributed by atoms with van der Waals surface area (Å²) in [5, 5.41) is 15.7. The van der Waals surface area contributed by atoms with Crippen LogP contribution in [-0.4, -0.2) is 27.9 Å². The number of thioether (sulfide) groups is 1. The molecule has 0 aliphatic carbocycles. The standard InChI is InChI=1S/C16H19ClN4OS/c1-11(2)19-15(22)10-23-16-8-7-14(20-21-16)18-9-12-3-5-13(17)6-4-12/h3-8,11H,9-10H2,1-2H3,(H,18,20)(H,19,22). The van der Waals surface area contributed by atoms with Crippen LogP contribution in [0.3, 0.4) is 0 Å². The number of aromatic nitrogens is 2. The number of nitrogens with one attached hydrogen (secondary N) is 2. The Balaban J connectivity index is 1.80. The van der Waals surface area contributed by atoms with E-state index in [9.17, 15) is 4.79 Å². The summed E-state index contributed by atoms with van der Waals surface area (Å²) in [6.07, 6.45) is 0. The second-order valence-electron chi connectivity index (χ2n) is 5.25. The van der Waals surface area contributed by atoms with E-state index in [1.165, 1.54) is 11.8 Å². The van der Waals surface area contributed by atoms with E-state index in [-0.39, 0.29) is 11.9 Å². The Labute approximate surface area is 145 Å². The van der Waals surface area contributed by atoms with E-state index >= 15 is 0 Å². The van der Waals surface area contributed by atoms with Crippen LogP contribution in [0.2, 0.25) is 5.02 Å². The summed E-state index contributed by atoms with van der Waals surface area (Å²) in [6, 6.07) is 11.5. The van der Waals surface area contributed by atoms with Crippen molar-refractivity contribution in [3.05, 3.63) is 47.0 Å². The van der Waals surface area contributed by atoms with Gasteiger partial charge >= 0.3 is 0 Å². The minimum absolute atomic E-state index is 0.00302. The maximum absolute atomic E-state index is 11.6. The normalized spacial score (nSPS) is 10.6. The molecule has 1 aromatic carbocycles. The molecule has 1 amide bonds. The third-order valence-electron chi connectivity index (χ3n) is 2.83. The van der Waals surface area contributed by atoms with Crippen molar-refractivity contribution in [2.75, 3.05) is 11.1 Å². The van der Waals surface area contributed by atoms with Crippen molar-refractivity contribution >= 4 is 35.1 Å². The lowest BCUT2D eigenvalue weighted by molar-refractivity contribution is -0.119. The van der Waals surface area contributed by atoms with E-state index < -0.39 is 0 Å². The fourth-order valence-corrected chi connectivity index (χ4v) is 2.54. The average molecular weight is 351 g/mol. The van der Waals surface area contributed by atoms with Crippen LogP contribution in [0, 0.1) is 0 Å². The minimum Gasteiger partial charge on any atom is -0.365 e. The fraction of sp³-hybridized carbons (Fsp3) is 0.312. The van der Waals surface area contributed by atoms with E-state index in [4.69, 9.17) is 11.6 Å². The molecule has 7 heteroatoms. The van der Waals surface area contributed by atoms with Crippen molar-refractivity contribution in [2.45, 2.75) is 31.5 Å². The van der Waals surface area contributed by atoms with Crippen LogP contribution in [0.5, 0.6) is 0 Å². The first-order valence-corrected chi connectivity index (χ1v) is 8.63. The minimum atomic E-state index is -0.00302. The summed E-state index contributed by atoms with van der Waals surface area (Å²) in [5.41, 5.74) is 1.11. The molecule has 0 spiro atoms. The molecule has 0 aliphatic heterocycles. The Morgan fingerprint density at radius 3 is 2.52 bits per heavy atom. The SMILES string of the molecule is CC(C)NC(=O)CSc1ccc(NCc2ccc(Cl)cc2)nn1. The van der Waals surface area contributed by atoms with E-state index in [1.807, 2.05) is 50.2 Å². The van der Waals surface area contributed by atoms with Crippen LogP contribution >= 0.6 is 23.4 Å². The molecule has 122 valence electrons. The molecule has 0 atom stereocenters. The molecule has 23 heavy (non-hydrogen) atoms. The zero-order chi connectivity index (χ0) is 16.7. The number of hydrogen-bond acceptors (Lipinski definition) is 5. The Morgan fingerprint density at radius 1 is 1.17 bits per heavy atom. The summed E-state index contributed by atoms with van der Waals surface area (Å²) < 4.78 is 0. The lowest BCUT2D eigenvalue weighted by Gasteiger charge is -2.08. The van der Waals surface area contributed by atoms with Crippen molar-refractivity contribution < 1.29 is 4.79 Å². The average Bonchev–Trinajstić information content (AvgIpc) is 2.53. The number of hydrogen-bond donors (Lipinski definition) is 2. The fourth-order valence-electron chi connectivity index (χ4n) is 1.79. The van der Waals surface area contributed by atoms with Crippen molar-refractivity contribution in [1.82, 2.24) is 15.5 Å². The number of amides is 1. The van der Waals surface area contributed by atoms with Crippen molar-refractivity contribution in [3.63, 3.8) is 0 Å². The summed E-state index contributed by atoms with van der Waals surface area (Å²) in [6.45, 7) is 4.52. The van der Waals surface area contributed by atoms with Gasteiger partial charge in [0.2, 0.25) is 5.91 Å². The van der Waals surface area contributed by atoms with Gasteiger partial charge in [0.1, 0.15) is 10.8 Å². The Morgan fingerprint density at radius 2 is 1.91 bits per heavy atom. The molecule has 1 aromatic heterocycles. The topological polar surface area (TPSA) is 66.9 Å². The number of halogens is 1. The van der Waals surface area contributed by atoms with Gasteiger partial charge < -0.3 is 10.6 Å². The van der Waals surface area contributed by atoms with E-state index in [0.29, 0.717) is 18.1 Å². The first-order chi connectivity index (χ1) is 11.0. The maximum Gasteiger partial charge on any atom is 0.230 e. The second kappa shape index (κ2) is 8.74. The molecule has 5 nitrogen and oxygen atoms in total. The lowest BCUT2D eigenvalue weighted by atomic mass is 10.2. The highest BCUT2D eigenvalue weighted by atomic mass is 35.5. The van der Waals surface area contributed by atoms with Gasteiger partial charge in [-0.15, -0.1) is 10.2 Å². The van der Waals surface area contributed by atoms with Crippen molar-refractivity contribution in [2.24, 2.45) is 0 Å². The zero-order valence-corrected chi connectivity index (χ0v) is 14.6. The summed E-state index contributed by atoms with van der Waals surface area (Å²) >= 11 is 7.22. The molecule has 0 fully saturated rings. The van der Waals surface area contributed by atoms with Crippen LogP contribution in [0.1, 0.15) is 19.4 Å². The third-order valence-corrected chi connectivity index (χ3v) is 4.00. The summed E-state index contributed by atoms with van der Waals surface area (Å²) in [4.78, 5) is 11.6. The predicted octanol–water partition coefficient (Wildman–Crippen LogP) is 3.36. The second-order valence-corrected chi connectivity index (χ2v) is 6.68. The predicted molar refractivity (Wildman–Crippen MR) is 94.8 cm³/mol. The molecule has 0 radical (unpaired) electrons. The lowest BCUT2D eigenvalue weighted by Crippen LogP contribution is -2.31. The first kappa shape index (κ1) is 17.6. The smallest absolute Gasteiger partial charge is 0.230 e. The Kier molecular flexibility index (Phi) is 6.67. The largest absolute Gasteiger partial charge is 0.365 e. The molecule has 1 heterocycles. The number of carbonyl (C=O) groups excluding carboxylic acids is 1. The highest BCUT2D eigenvalue weighted by Crippen LogP contribution is 2.16. The number of carbonyl (C=O) groups is 1. The van der Waals surface area contributed by atoms with Crippen LogP contribution in [0.25, 0.3) is 0 Å².